The van der Waals surface area contributed by atoms with E-state index in [1.165, 1.54) is 12.1 Å². The second-order valence-corrected chi connectivity index (χ2v) is 8.66. The van der Waals surface area contributed by atoms with Crippen LogP contribution >= 0.6 is 0 Å². The Bertz CT molecular complexity index is 837. The number of ether oxygens (including phenoxy) is 2. The molecule has 0 bridgehead atoms. The summed E-state index contributed by atoms with van der Waals surface area (Å²) in [6, 6.07) is 5.11. The minimum atomic E-state index is -3.70. The van der Waals surface area contributed by atoms with E-state index >= 15 is 0 Å². The number of benzene rings is 1. The van der Waals surface area contributed by atoms with Gasteiger partial charge in [0.05, 0.1) is 22.0 Å². The van der Waals surface area contributed by atoms with Gasteiger partial charge in [-0.3, -0.25) is 0 Å². The lowest BCUT2D eigenvalue weighted by Gasteiger charge is -2.22. The van der Waals surface area contributed by atoms with E-state index < -0.39 is 40.1 Å². The molecule has 2 rings (SSSR count). The summed E-state index contributed by atoms with van der Waals surface area (Å²) in [5.74, 6) is -1.29. The van der Waals surface area contributed by atoms with E-state index in [1.807, 2.05) is 0 Å². The second-order valence-electron chi connectivity index (χ2n) is 6.69. The summed E-state index contributed by atoms with van der Waals surface area (Å²) in [6.07, 6.45) is 0.386. The third-order valence-corrected chi connectivity index (χ3v) is 5.37. The Morgan fingerprint density at radius 3 is 2.46 bits per heavy atom. The Balaban J connectivity index is 1.95. The van der Waals surface area contributed by atoms with Crippen molar-refractivity contribution in [1.29, 1.82) is 0 Å². The molecule has 1 aliphatic heterocycles. The number of nitrogens with one attached hydrogen (secondary N) is 1. The van der Waals surface area contributed by atoms with Crippen LogP contribution in [-0.4, -0.2) is 50.4 Å². The number of carbonyl (C=O) groups is 2. The Hall–Kier alpha value is -2.39. The zero-order valence-corrected chi connectivity index (χ0v) is 15.5. The lowest BCUT2D eigenvalue weighted by atomic mass is 10.2. The number of hydrogen-bond donors (Lipinski definition) is 2. The Morgan fingerprint density at radius 2 is 1.88 bits per heavy atom. The molecule has 0 fully saturated rings. The van der Waals surface area contributed by atoms with Gasteiger partial charge in [-0.25, -0.2) is 18.0 Å². The number of rotatable bonds is 6. The molecule has 26 heavy (non-hydrogen) atoms. The standard InChI is InChI=1S/C17H21NO7S/c1-17(2,3)25-10-13(15(19)20)18-16(21)24-9-12-8-11-6-4-5-7-14(11)26(12,22)23/h4-8,13H,9-10H2,1-3H3,(H,18,21)(H,19,20)/t13-/m0/s1. The topological polar surface area (TPSA) is 119 Å². The quantitative estimate of drug-likeness (QED) is 0.769. The van der Waals surface area contributed by atoms with Gasteiger partial charge >= 0.3 is 12.1 Å². The molecule has 0 aliphatic carbocycles. The first-order chi connectivity index (χ1) is 12.0. The maximum Gasteiger partial charge on any atom is 0.408 e. The van der Waals surface area contributed by atoms with Gasteiger partial charge in [0.2, 0.25) is 9.84 Å². The maximum atomic E-state index is 12.3. The Morgan fingerprint density at radius 1 is 1.23 bits per heavy atom. The average molecular weight is 383 g/mol. The third kappa shape index (κ3) is 4.83. The summed E-state index contributed by atoms with van der Waals surface area (Å²) < 4.78 is 34.9. The van der Waals surface area contributed by atoms with Crippen LogP contribution in [0.25, 0.3) is 6.08 Å². The minimum absolute atomic E-state index is 0.0633. The summed E-state index contributed by atoms with van der Waals surface area (Å²) in [7, 11) is -3.70. The van der Waals surface area contributed by atoms with Crippen molar-refractivity contribution < 1.29 is 32.6 Å². The zero-order chi connectivity index (χ0) is 19.5. The molecule has 1 aromatic rings. The van der Waals surface area contributed by atoms with Crippen LogP contribution in [0.4, 0.5) is 4.79 Å². The van der Waals surface area contributed by atoms with E-state index in [-0.39, 0.29) is 16.4 Å². The Kier molecular flexibility index (Phi) is 5.72. The van der Waals surface area contributed by atoms with Crippen molar-refractivity contribution in [2.75, 3.05) is 13.2 Å². The number of aliphatic carboxylic acids is 1. The van der Waals surface area contributed by atoms with Crippen molar-refractivity contribution in [1.82, 2.24) is 5.32 Å². The smallest absolute Gasteiger partial charge is 0.408 e. The van der Waals surface area contributed by atoms with Crippen LogP contribution in [0.1, 0.15) is 26.3 Å². The van der Waals surface area contributed by atoms with Crippen molar-refractivity contribution in [3.63, 3.8) is 0 Å². The predicted octanol–water partition coefficient (Wildman–Crippen LogP) is 1.81. The van der Waals surface area contributed by atoms with Gasteiger partial charge in [0.25, 0.3) is 0 Å². The fourth-order valence-electron chi connectivity index (χ4n) is 2.18. The molecule has 0 saturated carbocycles. The molecule has 2 N–H and O–H groups in total. The van der Waals surface area contributed by atoms with E-state index in [0.29, 0.717) is 5.56 Å². The lowest BCUT2D eigenvalue weighted by molar-refractivity contribution is -0.142. The van der Waals surface area contributed by atoms with Crippen molar-refractivity contribution in [3.05, 3.63) is 34.7 Å². The first kappa shape index (κ1) is 19.9. The van der Waals surface area contributed by atoms with Gasteiger partial charge < -0.3 is 19.9 Å². The number of hydrogen-bond acceptors (Lipinski definition) is 6. The number of fused-ring (bicyclic) bond motifs is 1. The number of carbonyl (C=O) groups excluding carboxylic acids is 1. The van der Waals surface area contributed by atoms with Crippen molar-refractivity contribution in [2.24, 2.45) is 0 Å². The molecule has 0 aromatic heterocycles. The molecule has 142 valence electrons. The van der Waals surface area contributed by atoms with Gasteiger partial charge in [0.1, 0.15) is 6.61 Å². The highest BCUT2D eigenvalue weighted by molar-refractivity contribution is 7.95. The van der Waals surface area contributed by atoms with E-state index in [9.17, 15) is 18.0 Å². The van der Waals surface area contributed by atoms with E-state index in [4.69, 9.17) is 14.6 Å². The van der Waals surface area contributed by atoms with Gasteiger partial charge in [0, 0.05) is 0 Å². The highest BCUT2D eigenvalue weighted by Gasteiger charge is 2.30. The largest absolute Gasteiger partial charge is 0.480 e. The van der Waals surface area contributed by atoms with Gasteiger partial charge in [-0.15, -0.1) is 0 Å². The minimum Gasteiger partial charge on any atom is -0.480 e. The molecule has 1 aromatic carbocycles. The normalized spacial score (nSPS) is 16.3. The van der Waals surface area contributed by atoms with Crippen LogP contribution < -0.4 is 5.32 Å². The summed E-state index contributed by atoms with van der Waals surface area (Å²) >= 11 is 0. The highest BCUT2D eigenvalue weighted by Crippen LogP contribution is 2.32. The molecule has 1 atom stereocenters. The number of carboxylic acid groups (broad SMARTS) is 1. The fourth-order valence-corrected chi connectivity index (χ4v) is 3.66. The van der Waals surface area contributed by atoms with Crippen molar-refractivity contribution in [3.8, 4) is 0 Å². The Labute approximate surface area is 151 Å². The average Bonchev–Trinajstić information content (AvgIpc) is 2.79. The molecule has 0 saturated heterocycles. The van der Waals surface area contributed by atoms with Gasteiger partial charge in [-0.1, -0.05) is 18.2 Å². The SMILES string of the molecule is CC(C)(C)OC[C@H](NC(=O)OCC1=Cc2ccccc2S1(=O)=O)C(=O)O. The summed E-state index contributed by atoms with van der Waals surface area (Å²) in [4.78, 5) is 23.1. The van der Waals surface area contributed by atoms with Crippen molar-refractivity contribution in [2.45, 2.75) is 37.3 Å². The van der Waals surface area contributed by atoms with Gasteiger partial charge in [-0.05, 0) is 38.5 Å². The predicted molar refractivity (Wildman–Crippen MR) is 93.2 cm³/mol. The van der Waals surface area contributed by atoms with Crippen molar-refractivity contribution >= 4 is 28.0 Å². The van der Waals surface area contributed by atoms with E-state index in [1.54, 1.807) is 39.0 Å². The molecule has 1 aliphatic rings. The number of alkyl carbamates (subject to hydrolysis) is 1. The van der Waals surface area contributed by atoms with Crippen LogP contribution in [0.15, 0.2) is 34.1 Å². The number of carboxylic acids is 1. The van der Waals surface area contributed by atoms with Crippen LogP contribution in [-0.2, 0) is 24.1 Å². The zero-order valence-electron chi connectivity index (χ0n) is 14.7. The third-order valence-electron chi connectivity index (χ3n) is 3.49. The molecule has 8 nitrogen and oxygen atoms in total. The maximum absolute atomic E-state index is 12.3. The number of amides is 1. The molecule has 9 heteroatoms. The number of sulfone groups is 1. The van der Waals surface area contributed by atoms with Crippen LogP contribution in [0.3, 0.4) is 0 Å². The van der Waals surface area contributed by atoms with E-state index in [0.717, 1.165) is 0 Å². The van der Waals surface area contributed by atoms with Crippen LogP contribution in [0.2, 0.25) is 0 Å². The summed E-state index contributed by atoms with van der Waals surface area (Å²) in [5, 5.41) is 11.3. The fraction of sp³-hybridized carbons (Fsp3) is 0.412. The molecule has 0 radical (unpaired) electrons. The molecule has 1 amide bonds. The molecule has 0 spiro atoms. The molecular formula is C17H21NO7S. The second kappa shape index (κ2) is 7.46. The molecule has 1 heterocycles. The first-order valence-electron chi connectivity index (χ1n) is 7.85. The monoisotopic (exact) mass is 383 g/mol. The van der Waals surface area contributed by atoms with Crippen LogP contribution in [0.5, 0.6) is 0 Å². The first-order valence-corrected chi connectivity index (χ1v) is 9.34. The summed E-state index contributed by atoms with van der Waals surface area (Å²) in [6.45, 7) is 4.51. The van der Waals surface area contributed by atoms with Crippen LogP contribution in [0, 0.1) is 0 Å². The highest BCUT2D eigenvalue weighted by atomic mass is 32.2. The van der Waals surface area contributed by atoms with Gasteiger partial charge in [0.15, 0.2) is 6.04 Å². The lowest BCUT2D eigenvalue weighted by Crippen LogP contribution is -2.45. The van der Waals surface area contributed by atoms with Gasteiger partial charge in [-0.2, -0.15) is 0 Å². The van der Waals surface area contributed by atoms with E-state index in [2.05, 4.69) is 5.32 Å². The molecular weight excluding hydrogens is 362 g/mol. The summed E-state index contributed by atoms with van der Waals surface area (Å²) in [5.41, 5.74) is -0.0538. The molecule has 0 unspecified atom stereocenters.